The average molecular weight is 313 g/mol. The molecule has 5 nitrogen and oxygen atoms in total. The molecule has 0 saturated heterocycles. The Hall–Kier alpha value is -0.950. The van der Waals surface area contributed by atoms with Gasteiger partial charge in [0.1, 0.15) is 0 Å². The first-order valence-corrected chi connectivity index (χ1v) is 8.67. The van der Waals surface area contributed by atoms with Crippen molar-refractivity contribution >= 4 is 10.2 Å². The summed E-state index contributed by atoms with van der Waals surface area (Å²) >= 11 is 0. The summed E-state index contributed by atoms with van der Waals surface area (Å²) in [5.41, 5.74) is 8.23. The SMILES string of the molecule is CC(C)c1ccc(C(N)CNS(=O)(=O)N(C)C(C)C)cc1. The number of hydrogen-bond acceptors (Lipinski definition) is 3. The zero-order valence-corrected chi connectivity index (χ0v) is 14.3. The molecule has 1 unspecified atom stereocenters. The first kappa shape index (κ1) is 18.1. The monoisotopic (exact) mass is 313 g/mol. The number of nitrogens with one attached hydrogen (secondary N) is 1. The molecule has 0 aromatic heterocycles. The Morgan fingerprint density at radius 2 is 1.57 bits per heavy atom. The number of nitrogens with zero attached hydrogens (tertiary/aromatic N) is 1. The standard InChI is InChI=1S/C15H27N3O2S/c1-11(2)13-6-8-14(9-7-13)15(16)10-17-21(19,20)18(5)12(3)4/h6-9,11-12,15,17H,10,16H2,1-5H3. The maximum atomic E-state index is 12.0. The predicted molar refractivity (Wildman–Crippen MR) is 87.3 cm³/mol. The zero-order valence-electron chi connectivity index (χ0n) is 13.5. The van der Waals surface area contributed by atoms with E-state index in [1.807, 2.05) is 38.1 Å². The molecule has 6 heteroatoms. The molecule has 0 aliphatic heterocycles. The summed E-state index contributed by atoms with van der Waals surface area (Å²) in [6.07, 6.45) is 0. The van der Waals surface area contributed by atoms with Crippen LogP contribution in [0.2, 0.25) is 0 Å². The fourth-order valence-corrected chi connectivity index (χ4v) is 2.97. The molecule has 1 aromatic carbocycles. The van der Waals surface area contributed by atoms with E-state index < -0.39 is 10.2 Å². The summed E-state index contributed by atoms with van der Waals surface area (Å²) in [5.74, 6) is 0.466. The Kier molecular flexibility index (Phi) is 6.34. The van der Waals surface area contributed by atoms with Crippen molar-refractivity contribution in [2.24, 2.45) is 5.73 Å². The molecule has 0 amide bonds. The van der Waals surface area contributed by atoms with Crippen LogP contribution < -0.4 is 10.5 Å². The van der Waals surface area contributed by atoms with Crippen LogP contribution in [0.4, 0.5) is 0 Å². The molecule has 1 aromatic rings. The lowest BCUT2D eigenvalue weighted by molar-refractivity contribution is 0.401. The second kappa shape index (κ2) is 7.35. The summed E-state index contributed by atoms with van der Waals surface area (Å²) in [6.45, 7) is 8.09. The van der Waals surface area contributed by atoms with E-state index in [0.717, 1.165) is 5.56 Å². The van der Waals surface area contributed by atoms with E-state index >= 15 is 0 Å². The van der Waals surface area contributed by atoms with Gasteiger partial charge in [-0.25, -0.2) is 4.72 Å². The smallest absolute Gasteiger partial charge is 0.279 e. The van der Waals surface area contributed by atoms with Crippen LogP contribution >= 0.6 is 0 Å². The van der Waals surface area contributed by atoms with Crippen LogP contribution in [0.5, 0.6) is 0 Å². The molecule has 0 fully saturated rings. The van der Waals surface area contributed by atoms with E-state index in [1.165, 1.54) is 9.87 Å². The fraction of sp³-hybridized carbons (Fsp3) is 0.600. The van der Waals surface area contributed by atoms with Crippen molar-refractivity contribution in [3.8, 4) is 0 Å². The summed E-state index contributed by atoms with van der Waals surface area (Å²) in [5, 5.41) is 0. The van der Waals surface area contributed by atoms with Crippen LogP contribution in [0.15, 0.2) is 24.3 Å². The minimum absolute atomic E-state index is 0.0935. The Bertz CT molecular complexity index is 539. The van der Waals surface area contributed by atoms with E-state index in [-0.39, 0.29) is 18.6 Å². The number of rotatable bonds is 7. The van der Waals surface area contributed by atoms with Gasteiger partial charge in [-0.05, 0) is 30.9 Å². The maximum Gasteiger partial charge on any atom is 0.279 e. The van der Waals surface area contributed by atoms with E-state index in [1.54, 1.807) is 7.05 Å². The average Bonchev–Trinajstić information content (AvgIpc) is 2.43. The van der Waals surface area contributed by atoms with Crippen molar-refractivity contribution < 1.29 is 8.42 Å². The fourth-order valence-electron chi connectivity index (χ4n) is 1.82. The van der Waals surface area contributed by atoms with Crippen LogP contribution in [0.3, 0.4) is 0 Å². The maximum absolute atomic E-state index is 12.0. The molecule has 1 atom stereocenters. The van der Waals surface area contributed by atoms with Gasteiger partial charge in [0, 0.05) is 25.7 Å². The highest BCUT2D eigenvalue weighted by molar-refractivity contribution is 7.87. The normalized spacial score (nSPS) is 14.1. The molecule has 3 N–H and O–H groups in total. The Morgan fingerprint density at radius 3 is 2.00 bits per heavy atom. The molecule has 0 aliphatic rings. The van der Waals surface area contributed by atoms with E-state index in [9.17, 15) is 8.42 Å². The molecule has 21 heavy (non-hydrogen) atoms. The van der Waals surface area contributed by atoms with Gasteiger partial charge in [0.2, 0.25) is 0 Å². The number of benzene rings is 1. The van der Waals surface area contributed by atoms with Gasteiger partial charge >= 0.3 is 0 Å². The Balaban J connectivity index is 2.67. The van der Waals surface area contributed by atoms with Gasteiger partial charge in [0.15, 0.2) is 0 Å². The lowest BCUT2D eigenvalue weighted by Gasteiger charge is -2.22. The first-order chi connectivity index (χ1) is 9.65. The molecule has 0 heterocycles. The summed E-state index contributed by atoms with van der Waals surface area (Å²) in [6, 6.07) is 7.54. The first-order valence-electron chi connectivity index (χ1n) is 7.23. The highest BCUT2D eigenvalue weighted by Crippen LogP contribution is 2.17. The molecular weight excluding hydrogens is 286 g/mol. The summed E-state index contributed by atoms with van der Waals surface area (Å²) in [7, 11) is -1.93. The highest BCUT2D eigenvalue weighted by Gasteiger charge is 2.21. The van der Waals surface area contributed by atoms with Crippen LogP contribution in [0.1, 0.15) is 50.8 Å². The van der Waals surface area contributed by atoms with Crippen molar-refractivity contribution in [1.29, 1.82) is 0 Å². The second-order valence-electron chi connectivity index (χ2n) is 5.89. The predicted octanol–water partition coefficient (Wildman–Crippen LogP) is 1.98. The van der Waals surface area contributed by atoms with Gasteiger partial charge in [-0.1, -0.05) is 38.1 Å². The second-order valence-corrected chi connectivity index (χ2v) is 7.71. The molecule has 0 radical (unpaired) electrons. The third-order valence-corrected chi connectivity index (χ3v) is 5.33. The third-order valence-electron chi connectivity index (χ3n) is 3.62. The minimum atomic E-state index is -3.48. The topological polar surface area (TPSA) is 75.4 Å². The van der Waals surface area contributed by atoms with Gasteiger partial charge in [-0.3, -0.25) is 0 Å². The third kappa shape index (κ3) is 5.07. The molecule has 0 bridgehead atoms. The molecule has 0 saturated carbocycles. The molecule has 0 aliphatic carbocycles. The van der Waals surface area contributed by atoms with Gasteiger partial charge in [-0.15, -0.1) is 0 Å². The Labute approximate surface area is 128 Å². The van der Waals surface area contributed by atoms with E-state index in [0.29, 0.717) is 5.92 Å². The number of hydrogen-bond donors (Lipinski definition) is 2. The van der Waals surface area contributed by atoms with Gasteiger partial charge < -0.3 is 5.73 Å². The largest absolute Gasteiger partial charge is 0.323 e. The summed E-state index contributed by atoms with van der Waals surface area (Å²) < 4.78 is 27.9. The van der Waals surface area contributed by atoms with E-state index in [4.69, 9.17) is 5.73 Å². The zero-order chi connectivity index (χ0) is 16.2. The van der Waals surface area contributed by atoms with Crippen LogP contribution in [0.25, 0.3) is 0 Å². The lowest BCUT2D eigenvalue weighted by Crippen LogP contribution is -2.44. The van der Waals surface area contributed by atoms with Crippen LogP contribution in [-0.4, -0.2) is 32.4 Å². The van der Waals surface area contributed by atoms with Gasteiger partial charge in [0.25, 0.3) is 10.2 Å². The van der Waals surface area contributed by atoms with Gasteiger partial charge in [0.05, 0.1) is 0 Å². The van der Waals surface area contributed by atoms with Crippen LogP contribution in [-0.2, 0) is 10.2 Å². The number of nitrogens with two attached hydrogens (primary N) is 1. The van der Waals surface area contributed by atoms with Crippen molar-refractivity contribution in [3.05, 3.63) is 35.4 Å². The van der Waals surface area contributed by atoms with Crippen molar-refractivity contribution in [3.63, 3.8) is 0 Å². The molecule has 0 spiro atoms. The van der Waals surface area contributed by atoms with Crippen LogP contribution in [0, 0.1) is 0 Å². The molecule has 120 valence electrons. The minimum Gasteiger partial charge on any atom is -0.323 e. The van der Waals surface area contributed by atoms with Crippen molar-refractivity contribution in [2.75, 3.05) is 13.6 Å². The molecule has 1 rings (SSSR count). The highest BCUT2D eigenvalue weighted by atomic mass is 32.2. The molecular formula is C15H27N3O2S. The van der Waals surface area contributed by atoms with Crippen molar-refractivity contribution in [1.82, 2.24) is 9.03 Å². The Morgan fingerprint density at radius 1 is 1.10 bits per heavy atom. The summed E-state index contributed by atoms with van der Waals surface area (Å²) in [4.78, 5) is 0. The van der Waals surface area contributed by atoms with E-state index in [2.05, 4.69) is 18.6 Å². The lowest BCUT2D eigenvalue weighted by atomic mass is 9.99. The van der Waals surface area contributed by atoms with Gasteiger partial charge in [-0.2, -0.15) is 12.7 Å². The quantitative estimate of drug-likeness (QED) is 0.808. The van der Waals surface area contributed by atoms with Crippen molar-refractivity contribution in [2.45, 2.75) is 45.7 Å².